The first-order chi connectivity index (χ1) is 20.0. The summed E-state index contributed by atoms with van der Waals surface area (Å²) in [5.41, 5.74) is 5.68. The smallest absolute Gasteiger partial charge is 0.307 e. The number of carboxylic acids is 1. The molecule has 0 bridgehead atoms. The van der Waals surface area contributed by atoms with Crippen LogP contribution in [0.4, 0.5) is 15.9 Å². The normalized spacial score (nSPS) is 14.7. The Morgan fingerprint density at radius 1 is 1.10 bits per heavy atom. The Labute approximate surface area is 249 Å². The number of benzene rings is 2. The SMILES string of the molecule is Cc1nc(NCCCN(C)C)c(-c2ccc(OCCc3ccc(F)cc3)cc2)c(N2CCC(C)(C)CC2)c1CC(=O)O. The molecular formula is C34H45FN4O3. The summed E-state index contributed by atoms with van der Waals surface area (Å²) in [5, 5.41) is 13.5. The molecule has 2 aromatic carbocycles. The molecule has 2 heterocycles. The fraction of sp³-hybridized carbons (Fsp3) is 0.471. The summed E-state index contributed by atoms with van der Waals surface area (Å²) in [6, 6.07) is 14.5. The zero-order valence-corrected chi connectivity index (χ0v) is 25.7. The van der Waals surface area contributed by atoms with Gasteiger partial charge in [0.25, 0.3) is 0 Å². The van der Waals surface area contributed by atoms with Crippen molar-refractivity contribution < 1.29 is 19.0 Å². The lowest BCUT2D eigenvalue weighted by molar-refractivity contribution is -0.136. The van der Waals surface area contributed by atoms with Gasteiger partial charge in [0.2, 0.25) is 0 Å². The predicted molar refractivity (Wildman–Crippen MR) is 168 cm³/mol. The lowest BCUT2D eigenvalue weighted by atomic mass is 9.82. The van der Waals surface area contributed by atoms with Crippen molar-refractivity contribution in [1.29, 1.82) is 0 Å². The summed E-state index contributed by atoms with van der Waals surface area (Å²) in [4.78, 5) is 21.5. The molecular weight excluding hydrogens is 531 g/mol. The van der Waals surface area contributed by atoms with E-state index < -0.39 is 5.97 Å². The van der Waals surface area contributed by atoms with Crippen LogP contribution in [0, 0.1) is 18.2 Å². The monoisotopic (exact) mass is 576 g/mol. The summed E-state index contributed by atoms with van der Waals surface area (Å²) < 4.78 is 19.2. The second-order valence-electron chi connectivity index (χ2n) is 12.3. The maximum absolute atomic E-state index is 13.2. The third-order valence-corrected chi connectivity index (χ3v) is 8.03. The molecule has 226 valence electrons. The van der Waals surface area contributed by atoms with E-state index in [4.69, 9.17) is 9.72 Å². The number of hydrogen-bond donors (Lipinski definition) is 2. The van der Waals surface area contributed by atoms with Gasteiger partial charge < -0.3 is 25.0 Å². The Kier molecular flexibility index (Phi) is 10.4. The minimum Gasteiger partial charge on any atom is -0.493 e. The highest BCUT2D eigenvalue weighted by atomic mass is 19.1. The van der Waals surface area contributed by atoms with Gasteiger partial charge in [0, 0.05) is 42.9 Å². The van der Waals surface area contributed by atoms with Gasteiger partial charge >= 0.3 is 5.97 Å². The second-order valence-corrected chi connectivity index (χ2v) is 12.3. The predicted octanol–water partition coefficient (Wildman–Crippen LogP) is 6.43. The van der Waals surface area contributed by atoms with Crippen LogP contribution in [0.3, 0.4) is 0 Å². The zero-order chi connectivity index (χ0) is 30.3. The van der Waals surface area contributed by atoms with Crippen LogP contribution in [0.5, 0.6) is 5.75 Å². The highest BCUT2D eigenvalue weighted by Gasteiger charge is 2.31. The third kappa shape index (κ3) is 8.44. The number of nitrogens with one attached hydrogen (secondary N) is 1. The van der Waals surface area contributed by atoms with Crippen LogP contribution >= 0.6 is 0 Å². The number of ether oxygens (including phenoxy) is 1. The van der Waals surface area contributed by atoms with Gasteiger partial charge in [-0.1, -0.05) is 38.1 Å². The van der Waals surface area contributed by atoms with Crippen LogP contribution in [-0.2, 0) is 17.6 Å². The number of halogens is 1. The first kappa shape index (κ1) is 31.3. The Morgan fingerprint density at radius 2 is 1.76 bits per heavy atom. The summed E-state index contributed by atoms with van der Waals surface area (Å²) in [6.07, 6.45) is 3.63. The van der Waals surface area contributed by atoms with Gasteiger partial charge in [-0.15, -0.1) is 0 Å². The molecule has 2 N–H and O–H groups in total. The molecule has 0 amide bonds. The molecule has 1 aliphatic rings. The van der Waals surface area contributed by atoms with Crippen molar-refractivity contribution in [3.63, 3.8) is 0 Å². The van der Waals surface area contributed by atoms with E-state index in [1.807, 2.05) is 31.2 Å². The van der Waals surface area contributed by atoms with E-state index in [1.165, 1.54) is 12.1 Å². The number of nitrogens with zero attached hydrogens (tertiary/aromatic N) is 3. The summed E-state index contributed by atoms with van der Waals surface area (Å²) in [7, 11) is 4.13. The molecule has 0 saturated carbocycles. The molecule has 0 unspecified atom stereocenters. The standard InChI is InChI=1S/C34H45FN4O3/c1-24-29(23-30(40)41)32(39-20-16-34(2,3)17-21-39)31(33(37-24)36-18-6-19-38(4)5)26-9-13-28(14-10-26)42-22-15-25-7-11-27(35)12-8-25/h7-14H,6,15-23H2,1-5H3,(H,36,37)(H,40,41). The Morgan fingerprint density at radius 3 is 2.38 bits per heavy atom. The number of carbonyl (C=O) groups is 1. The fourth-order valence-electron chi connectivity index (χ4n) is 5.43. The van der Waals surface area contributed by atoms with Crippen molar-refractivity contribution in [1.82, 2.24) is 9.88 Å². The Bertz CT molecular complexity index is 1330. The molecule has 0 spiro atoms. The van der Waals surface area contributed by atoms with Crippen molar-refractivity contribution in [2.45, 2.75) is 52.9 Å². The number of aromatic nitrogens is 1. The number of carboxylic acid groups (broad SMARTS) is 1. The Hall–Kier alpha value is -3.65. The molecule has 7 nitrogen and oxygen atoms in total. The first-order valence-electron chi connectivity index (χ1n) is 14.9. The lowest BCUT2D eigenvalue weighted by Gasteiger charge is -2.40. The molecule has 42 heavy (non-hydrogen) atoms. The van der Waals surface area contributed by atoms with Crippen molar-refractivity contribution in [3.05, 3.63) is 71.2 Å². The highest BCUT2D eigenvalue weighted by Crippen LogP contribution is 2.43. The second kappa shape index (κ2) is 14.0. The minimum atomic E-state index is -0.860. The van der Waals surface area contributed by atoms with E-state index in [9.17, 15) is 14.3 Å². The van der Waals surface area contributed by atoms with Crippen LogP contribution in [0.15, 0.2) is 48.5 Å². The average Bonchev–Trinajstić information content (AvgIpc) is 2.94. The molecule has 4 rings (SSSR count). The van der Waals surface area contributed by atoms with Crippen LogP contribution in [-0.4, -0.2) is 67.8 Å². The number of aliphatic carboxylic acids is 1. The number of aryl methyl sites for hydroxylation is 1. The molecule has 0 radical (unpaired) electrons. The minimum absolute atomic E-state index is 0.0768. The van der Waals surface area contributed by atoms with Gasteiger partial charge in [-0.2, -0.15) is 0 Å². The Balaban J connectivity index is 1.67. The molecule has 0 atom stereocenters. The molecule has 1 aromatic heterocycles. The van der Waals surface area contributed by atoms with Crippen LogP contribution in [0.2, 0.25) is 0 Å². The number of anilines is 2. The van der Waals surface area contributed by atoms with Gasteiger partial charge in [0.1, 0.15) is 17.4 Å². The van der Waals surface area contributed by atoms with Crippen LogP contribution in [0.25, 0.3) is 11.1 Å². The molecule has 1 saturated heterocycles. The summed E-state index contributed by atoms with van der Waals surface area (Å²) >= 11 is 0. The molecule has 1 aliphatic heterocycles. The summed E-state index contributed by atoms with van der Waals surface area (Å²) in [5.74, 6) is 0.422. The van der Waals surface area contributed by atoms with E-state index in [-0.39, 0.29) is 17.7 Å². The van der Waals surface area contributed by atoms with E-state index in [2.05, 4.69) is 43.1 Å². The average molecular weight is 577 g/mol. The largest absolute Gasteiger partial charge is 0.493 e. The summed E-state index contributed by atoms with van der Waals surface area (Å²) in [6.45, 7) is 10.4. The highest BCUT2D eigenvalue weighted by molar-refractivity contribution is 5.91. The van der Waals surface area contributed by atoms with Crippen molar-refractivity contribution >= 4 is 17.5 Å². The van der Waals surface area contributed by atoms with Crippen LogP contribution in [0.1, 0.15) is 49.9 Å². The molecule has 3 aromatic rings. The van der Waals surface area contributed by atoms with E-state index in [0.717, 1.165) is 90.6 Å². The number of pyridine rings is 1. The number of hydrogen-bond acceptors (Lipinski definition) is 6. The maximum atomic E-state index is 13.2. The number of rotatable bonds is 13. The van der Waals surface area contributed by atoms with Crippen molar-refractivity contribution in [2.24, 2.45) is 5.41 Å². The first-order valence-corrected chi connectivity index (χ1v) is 14.9. The maximum Gasteiger partial charge on any atom is 0.307 e. The third-order valence-electron chi connectivity index (χ3n) is 8.03. The molecule has 1 fully saturated rings. The van der Waals surface area contributed by atoms with Gasteiger partial charge in [-0.3, -0.25) is 4.79 Å². The lowest BCUT2D eigenvalue weighted by Crippen LogP contribution is -2.38. The van der Waals surface area contributed by atoms with Crippen LogP contribution < -0.4 is 15.0 Å². The van der Waals surface area contributed by atoms with E-state index in [1.54, 1.807) is 12.1 Å². The van der Waals surface area contributed by atoms with Crippen molar-refractivity contribution in [3.8, 4) is 16.9 Å². The topological polar surface area (TPSA) is 77.9 Å². The van der Waals surface area contributed by atoms with Gasteiger partial charge in [-0.05, 0) is 87.6 Å². The zero-order valence-electron chi connectivity index (χ0n) is 25.7. The van der Waals surface area contributed by atoms with E-state index in [0.29, 0.717) is 13.0 Å². The van der Waals surface area contributed by atoms with E-state index >= 15 is 0 Å². The molecule has 0 aliphatic carbocycles. The molecule has 8 heteroatoms. The quantitative estimate of drug-likeness (QED) is 0.227. The van der Waals surface area contributed by atoms with Gasteiger partial charge in [0.05, 0.1) is 18.7 Å². The van der Waals surface area contributed by atoms with Gasteiger partial charge in [0.15, 0.2) is 0 Å². The van der Waals surface area contributed by atoms with Crippen molar-refractivity contribution in [2.75, 3.05) is 57.1 Å². The van der Waals surface area contributed by atoms with Gasteiger partial charge in [-0.25, -0.2) is 9.37 Å². The number of piperidine rings is 1. The fourth-order valence-corrected chi connectivity index (χ4v) is 5.43.